The molecule has 1 saturated heterocycles. The number of nitrogens with two attached hydrogens (primary N) is 1. The van der Waals surface area contributed by atoms with E-state index in [9.17, 15) is 4.79 Å². The fraction of sp³-hybridized carbons (Fsp3) is 0.533. The maximum Gasteiger partial charge on any atom is 0.410 e. The zero-order chi connectivity index (χ0) is 13.8. The molecule has 3 atom stereocenters. The molecule has 1 aliphatic heterocycles. The highest BCUT2D eigenvalue weighted by Gasteiger charge is 2.32. The smallest absolute Gasteiger partial charge is 0.410 e. The number of likely N-dealkylation sites (tertiary alicyclic amines) is 1. The molecule has 2 rings (SSSR count). The van der Waals surface area contributed by atoms with Crippen LogP contribution in [-0.2, 0) is 11.3 Å². The predicted molar refractivity (Wildman–Crippen MR) is 74.6 cm³/mol. The van der Waals surface area contributed by atoms with Crippen LogP contribution in [0.25, 0.3) is 0 Å². The quantitative estimate of drug-likeness (QED) is 0.890. The lowest BCUT2D eigenvalue weighted by atomic mass is 9.90. The Morgan fingerprint density at radius 2 is 2.05 bits per heavy atom. The second-order valence-corrected chi connectivity index (χ2v) is 5.42. The SMILES string of the molecule is CC1CN(C(=O)OCc2ccccc2)C(C)CC1N. The Morgan fingerprint density at radius 3 is 2.74 bits per heavy atom. The summed E-state index contributed by atoms with van der Waals surface area (Å²) >= 11 is 0. The summed E-state index contributed by atoms with van der Waals surface area (Å²) < 4.78 is 5.37. The average molecular weight is 262 g/mol. The van der Waals surface area contributed by atoms with E-state index in [1.807, 2.05) is 37.3 Å². The molecule has 1 fully saturated rings. The molecule has 4 nitrogen and oxygen atoms in total. The van der Waals surface area contributed by atoms with E-state index in [0.717, 1.165) is 12.0 Å². The summed E-state index contributed by atoms with van der Waals surface area (Å²) in [7, 11) is 0. The van der Waals surface area contributed by atoms with Crippen molar-refractivity contribution in [1.82, 2.24) is 4.90 Å². The summed E-state index contributed by atoms with van der Waals surface area (Å²) in [5, 5.41) is 0. The molecule has 1 aromatic carbocycles. The topological polar surface area (TPSA) is 55.6 Å². The second-order valence-electron chi connectivity index (χ2n) is 5.42. The zero-order valence-electron chi connectivity index (χ0n) is 11.6. The van der Waals surface area contributed by atoms with Gasteiger partial charge < -0.3 is 15.4 Å². The lowest BCUT2D eigenvalue weighted by molar-refractivity contribution is 0.0560. The first kappa shape index (κ1) is 13.9. The minimum absolute atomic E-state index is 0.148. The maximum atomic E-state index is 12.1. The van der Waals surface area contributed by atoms with Crippen LogP contribution >= 0.6 is 0 Å². The van der Waals surface area contributed by atoms with Crippen molar-refractivity contribution >= 4 is 6.09 Å². The Bertz CT molecular complexity index is 421. The Morgan fingerprint density at radius 1 is 1.37 bits per heavy atom. The molecule has 19 heavy (non-hydrogen) atoms. The van der Waals surface area contributed by atoms with Crippen molar-refractivity contribution in [2.24, 2.45) is 11.7 Å². The van der Waals surface area contributed by atoms with Crippen LogP contribution in [0.1, 0.15) is 25.8 Å². The first-order chi connectivity index (χ1) is 9.08. The van der Waals surface area contributed by atoms with Gasteiger partial charge in [-0.3, -0.25) is 0 Å². The summed E-state index contributed by atoms with van der Waals surface area (Å²) in [5.41, 5.74) is 7.02. The lowest BCUT2D eigenvalue weighted by Crippen LogP contribution is -2.52. The van der Waals surface area contributed by atoms with E-state index in [4.69, 9.17) is 10.5 Å². The molecule has 104 valence electrons. The third kappa shape index (κ3) is 3.47. The zero-order valence-corrected chi connectivity index (χ0v) is 11.6. The van der Waals surface area contributed by atoms with E-state index in [1.165, 1.54) is 0 Å². The normalized spacial score (nSPS) is 27.1. The van der Waals surface area contributed by atoms with Crippen LogP contribution in [0, 0.1) is 5.92 Å². The highest BCUT2D eigenvalue weighted by atomic mass is 16.6. The molecule has 1 heterocycles. The van der Waals surface area contributed by atoms with E-state index >= 15 is 0 Å². The van der Waals surface area contributed by atoms with Crippen molar-refractivity contribution in [3.05, 3.63) is 35.9 Å². The van der Waals surface area contributed by atoms with E-state index in [1.54, 1.807) is 4.90 Å². The molecule has 0 spiro atoms. The van der Waals surface area contributed by atoms with Gasteiger partial charge in [0.2, 0.25) is 0 Å². The fourth-order valence-electron chi connectivity index (χ4n) is 2.44. The van der Waals surface area contributed by atoms with Crippen molar-refractivity contribution in [1.29, 1.82) is 0 Å². The monoisotopic (exact) mass is 262 g/mol. The molecular weight excluding hydrogens is 240 g/mol. The van der Waals surface area contributed by atoms with E-state index in [0.29, 0.717) is 19.1 Å². The van der Waals surface area contributed by atoms with E-state index < -0.39 is 0 Å². The number of benzene rings is 1. The van der Waals surface area contributed by atoms with Crippen molar-refractivity contribution in [3.8, 4) is 0 Å². The third-order valence-corrected chi connectivity index (χ3v) is 3.80. The van der Waals surface area contributed by atoms with Gasteiger partial charge in [0.15, 0.2) is 0 Å². The Hall–Kier alpha value is -1.55. The van der Waals surface area contributed by atoms with Crippen LogP contribution in [0.5, 0.6) is 0 Å². The Balaban J connectivity index is 1.89. The summed E-state index contributed by atoms with van der Waals surface area (Å²) in [6, 6.07) is 10.0. The second kappa shape index (κ2) is 6.06. The highest BCUT2D eigenvalue weighted by Crippen LogP contribution is 2.21. The van der Waals surface area contributed by atoms with Gasteiger partial charge in [0.05, 0.1) is 0 Å². The molecule has 0 bridgehead atoms. The molecule has 0 radical (unpaired) electrons. The van der Waals surface area contributed by atoms with E-state index in [2.05, 4.69) is 6.92 Å². The standard InChI is InChI=1S/C15H22N2O2/c1-11-9-17(12(2)8-14(11)16)15(18)19-10-13-6-4-3-5-7-13/h3-7,11-12,14H,8-10,16H2,1-2H3. The van der Waals surface area contributed by atoms with Crippen LogP contribution in [0.3, 0.4) is 0 Å². The molecule has 1 aliphatic rings. The molecular formula is C15H22N2O2. The number of piperidine rings is 1. The summed E-state index contributed by atoms with van der Waals surface area (Å²) in [5.74, 6) is 0.320. The number of amides is 1. The molecule has 1 aromatic rings. The van der Waals surface area contributed by atoms with Crippen LogP contribution in [0.4, 0.5) is 4.79 Å². The van der Waals surface area contributed by atoms with Crippen molar-refractivity contribution in [2.75, 3.05) is 6.54 Å². The van der Waals surface area contributed by atoms with Crippen LogP contribution in [0.15, 0.2) is 30.3 Å². The number of hydrogen-bond donors (Lipinski definition) is 1. The minimum Gasteiger partial charge on any atom is -0.445 e. The van der Waals surface area contributed by atoms with Gasteiger partial charge in [-0.1, -0.05) is 37.3 Å². The van der Waals surface area contributed by atoms with Gasteiger partial charge >= 0.3 is 6.09 Å². The van der Waals surface area contributed by atoms with E-state index in [-0.39, 0.29) is 18.2 Å². The molecule has 1 amide bonds. The lowest BCUT2D eigenvalue weighted by Gasteiger charge is -2.39. The fourth-order valence-corrected chi connectivity index (χ4v) is 2.44. The number of hydrogen-bond acceptors (Lipinski definition) is 3. The largest absolute Gasteiger partial charge is 0.445 e. The van der Waals surface area contributed by atoms with Crippen molar-refractivity contribution in [3.63, 3.8) is 0 Å². The number of rotatable bonds is 2. The predicted octanol–water partition coefficient (Wildman–Crippen LogP) is 2.38. The Kier molecular flexibility index (Phi) is 4.43. The van der Waals surface area contributed by atoms with Gasteiger partial charge in [-0.25, -0.2) is 4.79 Å². The van der Waals surface area contributed by atoms with Crippen LogP contribution < -0.4 is 5.73 Å². The van der Waals surface area contributed by atoms with Crippen LogP contribution in [0.2, 0.25) is 0 Å². The van der Waals surface area contributed by atoms with Crippen molar-refractivity contribution < 1.29 is 9.53 Å². The van der Waals surface area contributed by atoms with Gasteiger partial charge in [0.1, 0.15) is 6.61 Å². The number of nitrogens with zero attached hydrogens (tertiary/aromatic N) is 1. The first-order valence-corrected chi connectivity index (χ1v) is 6.81. The van der Waals surface area contributed by atoms with Crippen LogP contribution in [-0.4, -0.2) is 29.6 Å². The van der Waals surface area contributed by atoms with Gasteiger partial charge in [-0.05, 0) is 24.8 Å². The maximum absolute atomic E-state index is 12.1. The third-order valence-electron chi connectivity index (χ3n) is 3.80. The molecule has 0 aliphatic carbocycles. The van der Waals surface area contributed by atoms with Gasteiger partial charge in [-0.2, -0.15) is 0 Å². The highest BCUT2D eigenvalue weighted by molar-refractivity contribution is 5.68. The molecule has 4 heteroatoms. The molecule has 2 N–H and O–H groups in total. The number of carbonyl (C=O) groups is 1. The average Bonchev–Trinajstić information content (AvgIpc) is 2.41. The Labute approximate surface area is 114 Å². The minimum atomic E-state index is -0.241. The van der Waals surface area contributed by atoms with Gasteiger partial charge in [0, 0.05) is 18.6 Å². The molecule has 3 unspecified atom stereocenters. The number of ether oxygens (including phenoxy) is 1. The molecule has 0 aromatic heterocycles. The number of carbonyl (C=O) groups excluding carboxylic acids is 1. The summed E-state index contributed by atoms with van der Waals surface area (Å²) in [4.78, 5) is 13.9. The summed E-state index contributed by atoms with van der Waals surface area (Å²) in [6.45, 7) is 5.10. The van der Waals surface area contributed by atoms with Gasteiger partial charge in [-0.15, -0.1) is 0 Å². The first-order valence-electron chi connectivity index (χ1n) is 6.81. The van der Waals surface area contributed by atoms with Crippen molar-refractivity contribution in [2.45, 2.75) is 39.0 Å². The molecule has 0 saturated carbocycles. The van der Waals surface area contributed by atoms with Gasteiger partial charge in [0.25, 0.3) is 0 Å². The summed E-state index contributed by atoms with van der Waals surface area (Å²) in [6.07, 6.45) is 0.594.